The van der Waals surface area contributed by atoms with Gasteiger partial charge < -0.3 is 15.2 Å². The summed E-state index contributed by atoms with van der Waals surface area (Å²) >= 11 is 5.56. The highest BCUT2D eigenvalue weighted by Crippen LogP contribution is 2.21. The Kier molecular flexibility index (Phi) is 17.6. The number of rotatable bonds is 21. The average molecular weight is 527 g/mol. The van der Waals surface area contributed by atoms with E-state index in [0.29, 0.717) is 5.56 Å². The van der Waals surface area contributed by atoms with Gasteiger partial charge in [-0.1, -0.05) is 84.0 Å². The molecule has 1 aromatic carbocycles. The molecule has 0 radical (unpaired) electrons. The number of amides is 1. The van der Waals surface area contributed by atoms with Gasteiger partial charge in [-0.15, -0.1) is 11.6 Å². The zero-order valence-corrected chi connectivity index (χ0v) is 22.3. The van der Waals surface area contributed by atoms with Crippen molar-refractivity contribution in [2.24, 2.45) is 0 Å². The van der Waals surface area contributed by atoms with Crippen LogP contribution in [-0.4, -0.2) is 40.4 Å². The van der Waals surface area contributed by atoms with Crippen LogP contribution in [0.15, 0.2) is 24.3 Å². The molecule has 0 aliphatic heterocycles. The Balaban J connectivity index is 2.26. The van der Waals surface area contributed by atoms with Crippen LogP contribution in [0.2, 0.25) is 0 Å². The Hall–Kier alpha value is -2.19. The van der Waals surface area contributed by atoms with Crippen LogP contribution < -0.4 is 5.32 Å². The van der Waals surface area contributed by atoms with Crippen molar-refractivity contribution in [3.63, 3.8) is 0 Å². The highest BCUT2D eigenvalue weighted by molar-refractivity contribution is 6.27. The average Bonchev–Trinajstić information content (AvgIpc) is 2.88. The number of aliphatic hydroxyl groups is 1. The van der Waals surface area contributed by atoms with E-state index in [1.807, 2.05) is 0 Å². The molecule has 0 unspecified atom stereocenters. The summed E-state index contributed by atoms with van der Waals surface area (Å²) in [4.78, 5) is 34.2. The van der Waals surface area contributed by atoms with Gasteiger partial charge in [-0.05, 0) is 24.1 Å². The number of nitrogens with zero attached hydrogens (tertiary/aromatic N) is 1. The molecule has 2 atom stereocenters. The number of aliphatic hydroxyl groups excluding tert-OH is 1. The van der Waals surface area contributed by atoms with Crippen LogP contribution in [0.3, 0.4) is 0 Å². The van der Waals surface area contributed by atoms with Gasteiger partial charge in [-0.3, -0.25) is 19.7 Å². The lowest BCUT2D eigenvalue weighted by atomic mass is 10.0. The van der Waals surface area contributed by atoms with E-state index in [2.05, 4.69) is 12.2 Å². The number of ether oxygens (including phenoxy) is 1. The van der Waals surface area contributed by atoms with Gasteiger partial charge in [0.15, 0.2) is 0 Å². The second-order valence-corrected chi connectivity index (χ2v) is 9.54. The second kappa shape index (κ2) is 19.9. The summed E-state index contributed by atoms with van der Waals surface area (Å²) in [7, 11) is 0. The third-order valence-corrected chi connectivity index (χ3v) is 6.45. The Bertz CT molecular complexity index is 759. The van der Waals surface area contributed by atoms with Gasteiger partial charge in [0.1, 0.15) is 18.6 Å². The summed E-state index contributed by atoms with van der Waals surface area (Å²) < 4.78 is 5.30. The molecule has 36 heavy (non-hydrogen) atoms. The molecule has 0 bridgehead atoms. The first-order valence-electron chi connectivity index (χ1n) is 13.3. The molecule has 1 aromatic rings. The number of nitro benzene ring substituents is 1. The minimum Gasteiger partial charge on any atom is -0.463 e. The van der Waals surface area contributed by atoms with Crippen molar-refractivity contribution in [2.75, 3.05) is 12.5 Å². The van der Waals surface area contributed by atoms with Crippen molar-refractivity contribution in [1.29, 1.82) is 0 Å². The Morgan fingerprint density at radius 3 is 1.92 bits per heavy atom. The van der Waals surface area contributed by atoms with E-state index < -0.39 is 23.0 Å². The number of alkyl halides is 1. The van der Waals surface area contributed by atoms with Crippen LogP contribution in [0.1, 0.15) is 108 Å². The van der Waals surface area contributed by atoms with Gasteiger partial charge in [0, 0.05) is 18.6 Å². The van der Waals surface area contributed by atoms with E-state index in [1.165, 1.54) is 88.5 Å². The first kappa shape index (κ1) is 31.8. The summed E-state index contributed by atoms with van der Waals surface area (Å²) in [6.07, 6.45) is 14.9. The van der Waals surface area contributed by atoms with E-state index in [1.54, 1.807) is 0 Å². The number of hydrogen-bond donors (Lipinski definition) is 2. The van der Waals surface area contributed by atoms with Crippen LogP contribution >= 0.6 is 11.6 Å². The molecular formula is C27H43ClN2O6. The molecule has 9 heteroatoms. The van der Waals surface area contributed by atoms with E-state index in [-0.39, 0.29) is 30.6 Å². The lowest BCUT2D eigenvalue weighted by molar-refractivity contribution is -0.384. The largest absolute Gasteiger partial charge is 0.463 e. The summed E-state index contributed by atoms with van der Waals surface area (Å²) in [5, 5.41) is 24.0. The zero-order chi connectivity index (χ0) is 26.6. The van der Waals surface area contributed by atoms with Crippen LogP contribution in [0.25, 0.3) is 0 Å². The van der Waals surface area contributed by atoms with Crippen LogP contribution in [0.4, 0.5) is 5.69 Å². The fraction of sp³-hybridized carbons (Fsp3) is 0.704. The van der Waals surface area contributed by atoms with Crippen molar-refractivity contribution in [2.45, 2.75) is 109 Å². The van der Waals surface area contributed by atoms with Gasteiger partial charge in [0.2, 0.25) is 5.91 Å². The van der Waals surface area contributed by atoms with Gasteiger partial charge in [0.05, 0.1) is 11.0 Å². The fourth-order valence-corrected chi connectivity index (χ4v) is 4.10. The van der Waals surface area contributed by atoms with Gasteiger partial charge >= 0.3 is 5.97 Å². The molecule has 0 spiro atoms. The Morgan fingerprint density at radius 1 is 0.944 bits per heavy atom. The van der Waals surface area contributed by atoms with E-state index >= 15 is 0 Å². The van der Waals surface area contributed by atoms with Crippen molar-refractivity contribution >= 4 is 29.2 Å². The highest BCUT2D eigenvalue weighted by atomic mass is 35.5. The molecule has 1 amide bonds. The molecule has 0 aromatic heterocycles. The van der Waals surface area contributed by atoms with E-state index in [0.717, 1.165) is 19.3 Å². The Labute approximate surface area is 220 Å². The monoisotopic (exact) mass is 526 g/mol. The van der Waals surface area contributed by atoms with Crippen LogP contribution in [0, 0.1) is 10.1 Å². The summed E-state index contributed by atoms with van der Waals surface area (Å²) in [5.74, 6) is -1.22. The predicted octanol–water partition coefficient (Wildman–Crippen LogP) is 6.38. The molecule has 0 heterocycles. The molecule has 204 valence electrons. The number of non-ortho nitro benzene ring substituents is 1. The summed E-state index contributed by atoms with van der Waals surface area (Å²) in [6, 6.07) is 4.41. The van der Waals surface area contributed by atoms with Gasteiger partial charge in [-0.2, -0.15) is 0 Å². The summed E-state index contributed by atoms with van der Waals surface area (Å²) in [6.45, 7) is 2.01. The lowest BCUT2D eigenvalue weighted by Crippen LogP contribution is -2.43. The fourth-order valence-electron chi connectivity index (χ4n) is 4.02. The third-order valence-electron chi connectivity index (χ3n) is 6.20. The first-order valence-corrected chi connectivity index (χ1v) is 13.9. The smallest absolute Gasteiger partial charge is 0.305 e. The number of carbonyl (C=O) groups is 2. The quantitative estimate of drug-likeness (QED) is 0.0630. The van der Waals surface area contributed by atoms with E-state index in [4.69, 9.17) is 16.3 Å². The maximum absolute atomic E-state index is 12.2. The maximum atomic E-state index is 12.2. The number of hydrogen-bond acceptors (Lipinski definition) is 6. The molecule has 0 fully saturated rings. The maximum Gasteiger partial charge on any atom is 0.305 e. The Morgan fingerprint density at radius 2 is 1.44 bits per heavy atom. The lowest BCUT2D eigenvalue weighted by Gasteiger charge is -2.24. The minimum atomic E-state index is -1.22. The highest BCUT2D eigenvalue weighted by Gasteiger charge is 2.25. The minimum absolute atomic E-state index is 0.114. The number of carbonyl (C=O) groups excluding carboxylic acids is 2. The molecule has 8 nitrogen and oxygen atoms in total. The number of nitrogens with one attached hydrogen (secondary N) is 1. The van der Waals surface area contributed by atoms with Crippen LogP contribution in [0.5, 0.6) is 0 Å². The third kappa shape index (κ3) is 14.4. The molecule has 0 saturated heterocycles. The first-order chi connectivity index (χ1) is 17.4. The number of esters is 1. The second-order valence-electron chi connectivity index (χ2n) is 9.28. The summed E-state index contributed by atoms with van der Waals surface area (Å²) in [5.41, 5.74) is 0.240. The zero-order valence-electron chi connectivity index (χ0n) is 21.6. The van der Waals surface area contributed by atoms with Crippen molar-refractivity contribution < 1.29 is 24.4 Å². The topological polar surface area (TPSA) is 119 Å². The van der Waals surface area contributed by atoms with Crippen LogP contribution in [-0.2, 0) is 14.3 Å². The number of nitro groups is 1. The standard InChI is InChI=1S/C27H43ClN2O6/c1-2-3-4-5-6-7-8-9-10-11-12-13-14-15-26(32)36-21-24(29-25(31)20-28)27(33)22-16-18-23(19-17-22)30(34)35/h16-19,24,27,33H,2-15,20-21H2,1H3,(H,29,31)/t24-,27-/m0/s1. The predicted molar refractivity (Wildman–Crippen MR) is 142 cm³/mol. The molecule has 0 saturated carbocycles. The number of unbranched alkanes of at least 4 members (excludes halogenated alkanes) is 12. The number of benzene rings is 1. The normalized spacial score (nSPS) is 12.6. The molecular weight excluding hydrogens is 484 g/mol. The van der Waals surface area contributed by atoms with Crippen molar-refractivity contribution in [3.8, 4) is 0 Å². The van der Waals surface area contributed by atoms with Crippen molar-refractivity contribution in [1.82, 2.24) is 5.32 Å². The SMILES string of the molecule is CCCCCCCCCCCCCCCC(=O)OC[C@H](NC(=O)CCl)[C@@H](O)c1ccc([N+](=O)[O-])cc1. The van der Waals surface area contributed by atoms with E-state index in [9.17, 15) is 24.8 Å². The van der Waals surface area contributed by atoms with Gasteiger partial charge in [-0.25, -0.2) is 0 Å². The molecule has 2 N–H and O–H groups in total. The van der Waals surface area contributed by atoms with Crippen molar-refractivity contribution in [3.05, 3.63) is 39.9 Å². The molecule has 0 aliphatic carbocycles. The van der Waals surface area contributed by atoms with Gasteiger partial charge in [0.25, 0.3) is 5.69 Å². The molecule has 1 rings (SSSR count). The molecule has 0 aliphatic rings. The number of halogens is 1.